The Kier molecular flexibility index (Phi) is 7.76. The van der Waals surface area contributed by atoms with Crippen molar-refractivity contribution in [2.75, 3.05) is 19.6 Å². The largest absolute Gasteiger partial charge is 0.352 e. The van der Waals surface area contributed by atoms with Crippen molar-refractivity contribution < 1.29 is 22.4 Å². The first kappa shape index (κ1) is 23.6. The molecule has 2 aromatic carbocycles. The Labute approximate surface area is 187 Å². The zero-order chi connectivity index (χ0) is 23.1. The van der Waals surface area contributed by atoms with Crippen LogP contribution in [-0.2, 0) is 21.2 Å². The molecule has 32 heavy (non-hydrogen) atoms. The number of nitrogens with zero attached hydrogens (tertiary/aromatic N) is 1. The Morgan fingerprint density at radius 1 is 1.12 bits per heavy atom. The molecule has 0 bridgehead atoms. The number of rotatable bonds is 8. The smallest absolute Gasteiger partial charge is 0.254 e. The molecule has 0 spiro atoms. The Morgan fingerprint density at radius 2 is 1.81 bits per heavy atom. The van der Waals surface area contributed by atoms with E-state index in [0.29, 0.717) is 25.8 Å². The first-order valence-corrected chi connectivity index (χ1v) is 11.8. The Hall–Kier alpha value is -3.04. The number of hydrogen-bond acceptors (Lipinski definition) is 4. The van der Waals surface area contributed by atoms with Crippen LogP contribution in [0.4, 0.5) is 4.39 Å². The molecule has 1 aliphatic heterocycles. The van der Waals surface area contributed by atoms with E-state index in [-0.39, 0.29) is 35.5 Å². The Morgan fingerprint density at radius 3 is 2.44 bits per heavy atom. The molecule has 2 amide bonds. The lowest BCUT2D eigenvalue weighted by Gasteiger charge is -2.31. The second-order valence-electron chi connectivity index (χ2n) is 7.52. The third-order valence-corrected chi connectivity index (χ3v) is 7.25. The van der Waals surface area contributed by atoms with Crippen molar-refractivity contribution in [3.63, 3.8) is 0 Å². The van der Waals surface area contributed by atoms with Gasteiger partial charge in [0.15, 0.2) is 0 Å². The molecule has 0 radical (unpaired) electrons. The standard InChI is InChI=1S/C23H26FN3O4S/c1-2-22(28)26-18-11-14-27(15-12-18)32(30,31)19-8-9-20(21(24)16-19)23(29)25-13-10-17-6-4-3-5-7-17/h2-9,16,18H,1,10-15H2,(H,25,29)(H,26,28). The van der Waals surface area contributed by atoms with Crippen molar-refractivity contribution in [3.8, 4) is 0 Å². The van der Waals surface area contributed by atoms with Crippen LogP contribution in [-0.4, -0.2) is 50.2 Å². The summed E-state index contributed by atoms with van der Waals surface area (Å²) in [5.74, 6) is -1.79. The van der Waals surface area contributed by atoms with E-state index in [2.05, 4.69) is 17.2 Å². The zero-order valence-corrected chi connectivity index (χ0v) is 18.4. The summed E-state index contributed by atoms with van der Waals surface area (Å²) in [4.78, 5) is 23.5. The molecule has 1 fully saturated rings. The van der Waals surface area contributed by atoms with Gasteiger partial charge >= 0.3 is 0 Å². The predicted octanol–water partition coefficient (Wildman–Crippen LogP) is 2.25. The van der Waals surface area contributed by atoms with Gasteiger partial charge in [0.2, 0.25) is 15.9 Å². The SMILES string of the molecule is C=CC(=O)NC1CCN(S(=O)(=O)c2ccc(C(=O)NCCc3ccccc3)c(F)c2)CC1. The number of benzene rings is 2. The molecule has 1 saturated heterocycles. The van der Waals surface area contributed by atoms with Crippen molar-refractivity contribution in [2.24, 2.45) is 0 Å². The molecule has 0 aromatic heterocycles. The second kappa shape index (κ2) is 10.5. The fraction of sp³-hybridized carbons (Fsp3) is 0.304. The van der Waals surface area contributed by atoms with Crippen LogP contribution in [0.15, 0.2) is 66.1 Å². The van der Waals surface area contributed by atoms with Gasteiger partial charge in [-0.2, -0.15) is 4.31 Å². The molecule has 170 valence electrons. The van der Waals surface area contributed by atoms with Crippen molar-refractivity contribution in [3.05, 3.63) is 78.1 Å². The summed E-state index contributed by atoms with van der Waals surface area (Å²) in [6, 6.07) is 12.7. The summed E-state index contributed by atoms with van der Waals surface area (Å²) in [6.45, 7) is 4.13. The van der Waals surface area contributed by atoms with Crippen LogP contribution in [0.5, 0.6) is 0 Å². The average molecular weight is 460 g/mol. The molecule has 2 N–H and O–H groups in total. The van der Waals surface area contributed by atoms with E-state index in [1.807, 2.05) is 30.3 Å². The minimum Gasteiger partial charge on any atom is -0.352 e. The fourth-order valence-corrected chi connectivity index (χ4v) is 5.03. The van der Waals surface area contributed by atoms with Crippen LogP contribution in [0.25, 0.3) is 0 Å². The van der Waals surface area contributed by atoms with Crippen molar-refractivity contribution in [1.82, 2.24) is 14.9 Å². The molecule has 2 aromatic rings. The first-order chi connectivity index (χ1) is 15.3. The summed E-state index contributed by atoms with van der Waals surface area (Å²) in [5.41, 5.74) is 0.838. The monoisotopic (exact) mass is 459 g/mol. The van der Waals surface area contributed by atoms with Gasteiger partial charge in [0.05, 0.1) is 10.5 Å². The summed E-state index contributed by atoms with van der Waals surface area (Å²) >= 11 is 0. The maximum absolute atomic E-state index is 14.6. The normalized spacial score (nSPS) is 15.2. The summed E-state index contributed by atoms with van der Waals surface area (Å²) < 4.78 is 41.6. The number of hydrogen-bond donors (Lipinski definition) is 2. The van der Waals surface area contributed by atoms with E-state index in [0.717, 1.165) is 11.6 Å². The Balaban J connectivity index is 1.60. The van der Waals surface area contributed by atoms with Gasteiger partial charge in [0, 0.05) is 25.7 Å². The maximum atomic E-state index is 14.6. The number of amides is 2. The topological polar surface area (TPSA) is 95.6 Å². The van der Waals surface area contributed by atoms with Crippen LogP contribution >= 0.6 is 0 Å². The van der Waals surface area contributed by atoms with Crippen molar-refractivity contribution >= 4 is 21.8 Å². The van der Waals surface area contributed by atoms with Crippen LogP contribution in [0.1, 0.15) is 28.8 Å². The summed E-state index contributed by atoms with van der Waals surface area (Å²) in [5, 5.41) is 5.41. The van der Waals surface area contributed by atoms with Gasteiger partial charge < -0.3 is 10.6 Å². The van der Waals surface area contributed by atoms with E-state index in [4.69, 9.17) is 0 Å². The van der Waals surface area contributed by atoms with E-state index >= 15 is 0 Å². The number of sulfonamides is 1. The fourth-order valence-electron chi connectivity index (χ4n) is 3.55. The van der Waals surface area contributed by atoms with Gasteiger partial charge in [-0.15, -0.1) is 0 Å². The molecule has 0 unspecified atom stereocenters. The van der Waals surface area contributed by atoms with Gasteiger partial charge in [0.25, 0.3) is 5.91 Å². The molecular formula is C23H26FN3O4S. The molecule has 0 aliphatic carbocycles. The van der Waals surface area contributed by atoms with Gasteiger partial charge in [-0.25, -0.2) is 12.8 Å². The van der Waals surface area contributed by atoms with Gasteiger partial charge in [-0.3, -0.25) is 9.59 Å². The molecular weight excluding hydrogens is 433 g/mol. The van der Waals surface area contributed by atoms with Crippen molar-refractivity contribution in [2.45, 2.75) is 30.2 Å². The van der Waals surface area contributed by atoms with Crippen molar-refractivity contribution in [1.29, 1.82) is 0 Å². The maximum Gasteiger partial charge on any atom is 0.254 e. The molecule has 1 heterocycles. The molecule has 1 aliphatic rings. The van der Waals surface area contributed by atoms with E-state index in [1.54, 1.807) is 0 Å². The molecule has 0 atom stereocenters. The quantitative estimate of drug-likeness (QED) is 0.592. The molecule has 3 rings (SSSR count). The third-order valence-electron chi connectivity index (χ3n) is 5.35. The highest BCUT2D eigenvalue weighted by Gasteiger charge is 2.30. The molecule has 0 saturated carbocycles. The number of piperidine rings is 1. The summed E-state index contributed by atoms with van der Waals surface area (Å²) in [7, 11) is -3.91. The van der Waals surface area contributed by atoms with E-state index in [9.17, 15) is 22.4 Å². The molecule has 7 nitrogen and oxygen atoms in total. The summed E-state index contributed by atoms with van der Waals surface area (Å²) in [6.07, 6.45) is 2.67. The minimum absolute atomic E-state index is 0.134. The lowest BCUT2D eigenvalue weighted by Crippen LogP contribution is -2.46. The average Bonchev–Trinajstić information content (AvgIpc) is 2.80. The minimum atomic E-state index is -3.91. The van der Waals surface area contributed by atoms with Crippen LogP contribution in [0.3, 0.4) is 0 Å². The number of nitrogens with one attached hydrogen (secondary N) is 2. The number of halogens is 1. The van der Waals surface area contributed by atoms with Crippen LogP contribution in [0.2, 0.25) is 0 Å². The number of carbonyl (C=O) groups excluding carboxylic acids is 2. The van der Waals surface area contributed by atoms with E-state index in [1.165, 1.54) is 22.5 Å². The van der Waals surface area contributed by atoms with Gasteiger partial charge in [0.1, 0.15) is 5.82 Å². The number of carbonyl (C=O) groups is 2. The lowest BCUT2D eigenvalue weighted by atomic mass is 10.1. The highest BCUT2D eigenvalue weighted by molar-refractivity contribution is 7.89. The van der Waals surface area contributed by atoms with E-state index < -0.39 is 21.7 Å². The Bertz CT molecular complexity index is 1080. The third kappa shape index (κ3) is 5.80. The van der Waals surface area contributed by atoms with Crippen LogP contribution in [0, 0.1) is 5.82 Å². The highest BCUT2D eigenvalue weighted by atomic mass is 32.2. The predicted molar refractivity (Wildman–Crippen MR) is 119 cm³/mol. The molecule has 9 heteroatoms. The van der Waals surface area contributed by atoms with Gasteiger partial charge in [-0.1, -0.05) is 36.9 Å². The second-order valence-corrected chi connectivity index (χ2v) is 9.46. The first-order valence-electron chi connectivity index (χ1n) is 10.4. The highest BCUT2D eigenvalue weighted by Crippen LogP contribution is 2.23. The lowest BCUT2D eigenvalue weighted by molar-refractivity contribution is -0.117. The van der Waals surface area contributed by atoms with Crippen LogP contribution < -0.4 is 10.6 Å². The van der Waals surface area contributed by atoms with Gasteiger partial charge in [-0.05, 0) is 49.1 Å². The zero-order valence-electron chi connectivity index (χ0n) is 17.6.